The second-order valence-electron chi connectivity index (χ2n) is 2.92. The summed E-state index contributed by atoms with van der Waals surface area (Å²) in [6, 6.07) is 5.82. The minimum atomic E-state index is -0.110. The van der Waals surface area contributed by atoms with Crippen molar-refractivity contribution in [3.63, 3.8) is 0 Å². The Bertz CT molecular complexity index is 290. The Morgan fingerprint density at radius 2 is 2.27 bits per heavy atom. The summed E-state index contributed by atoms with van der Waals surface area (Å²) in [4.78, 5) is 4.20. The van der Waals surface area contributed by atoms with Gasteiger partial charge in [0.15, 0.2) is 0 Å². The van der Waals surface area contributed by atoms with Crippen LogP contribution in [-0.2, 0) is 5.41 Å². The maximum atomic E-state index is 7.12. The van der Waals surface area contributed by atoms with Gasteiger partial charge in [-0.15, -0.1) is 0 Å². The van der Waals surface area contributed by atoms with Crippen LogP contribution < -0.4 is 0 Å². The van der Waals surface area contributed by atoms with Gasteiger partial charge in [-0.3, -0.25) is 4.98 Å². The van der Waals surface area contributed by atoms with Crippen LogP contribution in [0.2, 0.25) is 0 Å². The number of hydrogen-bond acceptors (Lipinski definition) is 1. The van der Waals surface area contributed by atoms with E-state index >= 15 is 0 Å². The molecule has 1 radical (unpaired) electrons. The van der Waals surface area contributed by atoms with Gasteiger partial charge in [0.25, 0.3) is 0 Å². The van der Waals surface area contributed by atoms with E-state index in [2.05, 4.69) is 10.9 Å². The fraction of sp³-hybridized carbons (Fsp3) is 0.300. The van der Waals surface area contributed by atoms with Gasteiger partial charge in [0.05, 0.1) is 11.1 Å². The molecule has 11 heavy (non-hydrogen) atoms. The molecule has 1 nitrogen and oxygen atoms in total. The van der Waals surface area contributed by atoms with Crippen molar-refractivity contribution in [1.82, 2.24) is 4.98 Å². The zero-order valence-corrected chi connectivity index (χ0v) is 6.17. The summed E-state index contributed by atoms with van der Waals surface area (Å²) < 4.78 is 0. The Hall–Kier alpha value is -1.29. The predicted octanol–water partition coefficient (Wildman–Crippen LogP) is 1.70. The van der Waals surface area contributed by atoms with Crippen molar-refractivity contribution >= 4 is 0 Å². The van der Waals surface area contributed by atoms with Crippen molar-refractivity contribution in [2.45, 2.75) is 18.3 Å². The smallest absolute Gasteiger partial charge is 0.0745 e. The Balaban J connectivity index is 2.39. The van der Waals surface area contributed by atoms with Gasteiger partial charge in [-0.1, -0.05) is 12.0 Å². The fourth-order valence-corrected chi connectivity index (χ4v) is 1.22. The molecule has 1 heteroatoms. The molecule has 2 rings (SSSR count). The maximum absolute atomic E-state index is 7.12. The molecule has 0 spiro atoms. The second kappa shape index (κ2) is 2.10. The highest BCUT2D eigenvalue weighted by atomic mass is 14.7. The molecule has 1 aliphatic rings. The lowest BCUT2D eigenvalue weighted by Crippen LogP contribution is -2.04. The number of aromatic nitrogens is 1. The molecule has 0 atom stereocenters. The lowest BCUT2D eigenvalue weighted by Gasteiger charge is -2.03. The van der Waals surface area contributed by atoms with Gasteiger partial charge >= 0.3 is 0 Å². The normalized spacial score (nSPS) is 18.8. The quantitative estimate of drug-likeness (QED) is 0.544. The summed E-state index contributed by atoms with van der Waals surface area (Å²) in [7, 11) is 0. The Morgan fingerprint density at radius 1 is 1.45 bits per heavy atom. The first-order valence-corrected chi connectivity index (χ1v) is 3.73. The third kappa shape index (κ3) is 0.914. The molecule has 1 fully saturated rings. The summed E-state index contributed by atoms with van der Waals surface area (Å²) >= 11 is 0. The van der Waals surface area contributed by atoms with Crippen LogP contribution in [0.3, 0.4) is 0 Å². The number of hydrogen-bond donors (Lipinski definition) is 0. The van der Waals surface area contributed by atoms with E-state index in [9.17, 15) is 0 Å². The van der Waals surface area contributed by atoms with Crippen molar-refractivity contribution in [3.05, 3.63) is 36.5 Å². The van der Waals surface area contributed by atoms with E-state index in [4.69, 9.17) is 6.42 Å². The van der Waals surface area contributed by atoms with E-state index in [1.54, 1.807) is 6.20 Å². The molecular formula is C10H8N. The lowest BCUT2D eigenvalue weighted by atomic mass is 10.0. The molecule has 1 aromatic heterocycles. The van der Waals surface area contributed by atoms with Gasteiger partial charge in [0, 0.05) is 6.20 Å². The highest BCUT2D eigenvalue weighted by Crippen LogP contribution is 2.46. The largest absolute Gasteiger partial charge is 0.260 e. The third-order valence-electron chi connectivity index (χ3n) is 2.14. The first-order chi connectivity index (χ1) is 5.37. The van der Waals surface area contributed by atoms with Crippen LogP contribution in [-0.4, -0.2) is 4.98 Å². The summed E-state index contributed by atoms with van der Waals surface area (Å²) in [6.45, 7) is 0. The van der Waals surface area contributed by atoms with Crippen molar-refractivity contribution < 1.29 is 0 Å². The fourth-order valence-electron chi connectivity index (χ4n) is 1.22. The molecule has 0 amide bonds. The molecular weight excluding hydrogens is 134 g/mol. The van der Waals surface area contributed by atoms with Crippen LogP contribution in [0.5, 0.6) is 0 Å². The van der Waals surface area contributed by atoms with E-state index in [1.165, 1.54) is 0 Å². The van der Waals surface area contributed by atoms with Crippen molar-refractivity contribution in [1.29, 1.82) is 0 Å². The molecule has 0 saturated heterocycles. The number of pyridine rings is 1. The average Bonchev–Trinajstić information content (AvgIpc) is 2.86. The summed E-state index contributed by atoms with van der Waals surface area (Å²) in [5, 5.41) is 0. The van der Waals surface area contributed by atoms with Crippen LogP contribution in [0.4, 0.5) is 0 Å². The molecule has 0 aromatic carbocycles. The Morgan fingerprint density at radius 3 is 2.73 bits per heavy atom. The molecule has 1 aliphatic carbocycles. The van der Waals surface area contributed by atoms with Gasteiger partial charge < -0.3 is 0 Å². The molecule has 0 aliphatic heterocycles. The summed E-state index contributed by atoms with van der Waals surface area (Å²) in [5.41, 5.74) is 0.886. The van der Waals surface area contributed by atoms with E-state index in [0.717, 1.165) is 18.5 Å². The van der Waals surface area contributed by atoms with E-state index in [1.807, 2.05) is 18.2 Å². The first kappa shape index (κ1) is 6.42. The predicted molar refractivity (Wildman–Crippen MR) is 42.3 cm³/mol. The van der Waals surface area contributed by atoms with Gasteiger partial charge in [0.1, 0.15) is 0 Å². The minimum absolute atomic E-state index is 0.110. The van der Waals surface area contributed by atoms with Gasteiger partial charge in [-0.25, -0.2) is 0 Å². The van der Waals surface area contributed by atoms with Crippen LogP contribution in [0.1, 0.15) is 18.5 Å². The molecule has 1 aromatic rings. The maximum Gasteiger partial charge on any atom is 0.0745 e. The van der Waals surface area contributed by atoms with Crippen LogP contribution >= 0.6 is 0 Å². The van der Waals surface area contributed by atoms with E-state index in [0.29, 0.717) is 0 Å². The van der Waals surface area contributed by atoms with Crippen LogP contribution in [0, 0.1) is 12.3 Å². The second-order valence-corrected chi connectivity index (χ2v) is 2.92. The topological polar surface area (TPSA) is 12.9 Å². The Kier molecular flexibility index (Phi) is 1.22. The highest BCUT2D eigenvalue weighted by molar-refractivity contribution is 5.34. The van der Waals surface area contributed by atoms with Gasteiger partial charge in [-0.05, 0) is 31.4 Å². The summed E-state index contributed by atoms with van der Waals surface area (Å²) in [6.07, 6.45) is 11.0. The van der Waals surface area contributed by atoms with Crippen molar-refractivity contribution in [3.8, 4) is 5.92 Å². The van der Waals surface area contributed by atoms with E-state index in [-0.39, 0.29) is 5.41 Å². The standard InChI is InChI=1S/C10H8N/c1-2-10(6-7-10)9-5-3-4-8-11-9/h3-5,8H,6-7H2. The molecule has 1 heterocycles. The molecule has 0 N–H and O–H groups in total. The lowest BCUT2D eigenvalue weighted by molar-refractivity contribution is 0.869. The first-order valence-electron chi connectivity index (χ1n) is 3.73. The molecule has 0 unspecified atom stereocenters. The summed E-state index contributed by atoms with van der Waals surface area (Å²) in [5.74, 6) is 2.56. The third-order valence-corrected chi connectivity index (χ3v) is 2.14. The average molecular weight is 142 g/mol. The number of rotatable bonds is 1. The Labute approximate surface area is 66.5 Å². The minimum Gasteiger partial charge on any atom is -0.260 e. The van der Waals surface area contributed by atoms with Crippen molar-refractivity contribution in [2.75, 3.05) is 0 Å². The van der Waals surface area contributed by atoms with E-state index < -0.39 is 0 Å². The monoisotopic (exact) mass is 142 g/mol. The number of nitrogens with zero attached hydrogens (tertiary/aromatic N) is 1. The van der Waals surface area contributed by atoms with Crippen LogP contribution in [0.15, 0.2) is 24.4 Å². The SMILES string of the molecule is [C]#CC1(c2ccccn2)CC1. The zero-order valence-electron chi connectivity index (χ0n) is 6.17. The van der Waals surface area contributed by atoms with Crippen molar-refractivity contribution in [2.24, 2.45) is 0 Å². The van der Waals surface area contributed by atoms with Gasteiger partial charge in [0.2, 0.25) is 0 Å². The van der Waals surface area contributed by atoms with Gasteiger partial charge in [-0.2, -0.15) is 0 Å². The zero-order chi connectivity index (χ0) is 7.73. The molecule has 0 bridgehead atoms. The molecule has 1 saturated carbocycles. The highest BCUT2D eigenvalue weighted by Gasteiger charge is 2.43. The molecule has 53 valence electrons. The van der Waals surface area contributed by atoms with Crippen LogP contribution in [0.25, 0.3) is 0 Å².